The summed E-state index contributed by atoms with van der Waals surface area (Å²) in [5, 5.41) is 3.55. The molecule has 0 saturated heterocycles. The topological polar surface area (TPSA) is 104 Å². The number of hydrogen-bond acceptors (Lipinski definition) is 5. The van der Waals surface area contributed by atoms with Crippen molar-refractivity contribution < 1.29 is 17.6 Å². The van der Waals surface area contributed by atoms with Crippen LogP contribution < -0.4 is 10.0 Å². The van der Waals surface area contributed by atoms with E-state index >= 15 is 4.39 Å². The largest absolute Gasteiger partial charge is 0.384 e. The number of aromatic amines is 1. The minimum atomic E-state index is -4.08. The number of anilines is 1. The Kier molecular flexibility index (Phi) is 6.29. The zero-order valence-electron chi connectivity index (χ0n) is 16.3. The number of carbonyl (C=O) groups excluding carboxylic acids is 1. The Balaban J connectivity index is 2.16. The molecule has 1 aromatic carbocycles. The number of ketones is 1. The lowest BCUT2D eigenvalue weighted by Gasteiger charge is -2.15. The summed E-state index contributed by atoms with van der Waals surface area (Å²) in [5.74, 6) is -1.69. The van der Waals surface area contributed by atoms with E-state index in [1.165, 1.54) is 18.3 Å². The number of nitrogens with zero attached hydrogens (tertiary/aromatic N) is 1. The maximum absolute atomic E-state index is 15.4. The lowest BCUT2D eigenvalue weighted by Crippen LogP contribution is -2.26. The number of H-pyrrole nitrogens is 1. The van der Waals surface area contributed by atoms with Crippen molar-refractivity contribution in [3.63, 3.8) is 0 Å². The highest BCUT2D eigenvalue weighted by molar-refractivity contribution is 7.89. The van der Waals surface area contributed by atoms with E-state index in [0.717, 1.165) is 6.42 Å². The molecule has 3 N–H and O–H groups in total. The summed E-state index contributed by atoms with van der Waals surface area (Å²) in [6.07, 6.45) is 4.35. The van der Waals surface area contributed by atoms with Gasteiger partial charge in [-0.05, 0) is 37.1 Å². The number of benzene rings is 1. The molecule has 2 aromatic heterocycles. The van der Waals surface area contributed by atoms with E-state index in [2.05, 4.69) is 20.0 Å². The van der Waals surface area contributed by atoms with Crippen LogP contribution in [0.2, 0.25) is 0 Å². The predicted molar refractivity (Wildman–Crippen MR) is 110 cm³/mol. The fourth-order valence-corrected chi connectivity index (χ4v) is 4.20. The van der Waals surface area contributed by atoms with Crippen LogP contribution in [-0.4, -0.2) is 37.3 Å². The Labute approximate surface area is 168 Å². The summed E-state index contributed by atoms with van der Waals surface area (Å²) in [7, 11) is -4.08. The second-order valence-corrected chi connectivity index (χ2v) is 8.29. The van der Waals surface area contributed by atoms with Crippen LogP contribution >= 0.6 is 0 Å². The number of halogens is 1. The average Bonchev–Trinajstić information content (AvgIpc) is 3.14. The van der Waals surface area contributed by atoms with Gasteiger partial charge in [0.2, 0.25) is 10.0 Å². The molecule has 3 rings (SSSR count). The molecule has 3 aromatic rings. The van der Waals surface area contributed by atoms with Gasteiger partial charge in [0.1, 0.15) is 10.5 Å². The van der Waals surface area contributed by atoms with Crippen LogP contribution in [0.3, 0.4) is 0 Å². The number of carbonyl (C=O) groups is 1. The van der Waals surface area contributed by atoms with Gasteiger partial charge in [-0.2, -0.15) is 0 Å². The number of fused-ring (bicyclic) bond motifs is 1. The van der Waals surface area contributed by atoms with Crippen molar-refractivity contribution in [1.29, 1.82) is 0 Å². The van der Waals surface area contributed by atoms with E-state index in [-0.39, 0.29) is 23.4 Å². The first-order valence-corrected chi connectivity index (χ1v) is 10.9. The average molecular weight is 418 g/mol. The highest BCUT2D eigenvalue weighted by atomic mass is 32.2. The molecule has 0 atom stereocenters. The van der Waals surface area contributed by atoms with Gasteiger partial charge < -0.3 is 10.3 Å². The van der Waals surface area contributed by atoms with Crippen molar-refractivity contribution in [3.8, 4) is 0 Å². The molecule has 0 aliphatic rings. The van der Waals surface area contributed by atoms with Crippen LogP contribution in [0.4, 0.5) is 10.1 Å². The number of sulfonamides is 1. The second-order valence-electron chi connectivity index (χ2n) is 6.56. The molecule has 0 fully saturated rings. The SMILES string of the molecule is CCCNc1ccc(S(=O)(=O)NCCC)c(F)c1C(=O)c1c[nH]c2ncccc12. The van der Waals surface area contributed by atoms with Gasteiger partial charge in [0.25, 0.3) is 0 Å². The Morgan fingerprint density at radius 3 is 2.66 bits per heavy atom. The highest BCUT2D eigenvalue weighted by Gasteiger charge is 2.28. The number of rotatable bonds is 9. The first kappa shape index (κ1) is 20.9. The van der Waals surface area contributed by atoms with Gasteiger partial charge in [0.05, 0.1) is 5.56 Å². The molecular weight excluding hydrogens is 395 g/mol. The lowest BCUT2D eigenvalue weighted by atomic mass is 10.0. The van der Waals surface area contributed by atoms with Crippen molar-refractivity contribution in [1.82, 2.24) is 14.7 Å². The molecule has 0 aliphatic carbocycles. The normalized spacial score (nSPS) is 11.7. The van der Waals surface area contributed by atoms with Crippen LogP contribution in [0.15, 0.2) is 41.6 Å². The summed E-state index contributed by atoms with van der Waals surface area (Å²) >= 11 is 0. The first-order chi connectivity index (χ1) is 13.9. The third-order valence-corrected chi connectivity index (χ3v) is 5.90. The van der Waals surface area contributed by atoms with Crippen LogP contribution in [0.25, 0.3) is 11.0 Å². The molecule has 29 heavy (non-hydrogen) atoms. The molecule has 0 saturated carbocycles. The van der Waals surface area contributed by atoms with E-state index in [1.54, 1.807) is 25.3 Å². The minimum Gasteiger partial charge on any atom is -0.384 e. The van der Waals surface area contributed by atoms with Crippen molar-refractivity contribution >= 4 is 32.5 Å². The predicted octanol–water partition coefficient (Wildman–Crippen LogP) is 3.44. The molecule has 0 aliphatic heterocycles. The van der Waals surface area contributed by atoms with Crippen LogP contribution in [0.1, 0.15) is 42.6 Å². The van der Waals surface area contributed by atoms with Crippen LogP contribution in [0.5, 0.6) is 0 Å². The Morgan fingerprint density at radius 2 is 1.93 bits per heavy atom. The van der Waals surface area contributed by atoms with E-state index in [0.29, 0.717) is 24.0 Å². The number of aromatic nitrogens is 2. The number of nitrogens with one attached hydrogen (secondary N) is 3. The Bertz CT molecular complexity index is 1140. The second kappa shape index (κ2) is 8.71. The van der Waals surface area contributed by atoms with Crippen molar-refractivity contribution in [2.45, 2.75) is 31.6 Å². The van der Waals surface area contributed by atoms with Gasteiger partial charge in [0.15, 0.2) is 11.6 Å². The molecule has 0 amide bonds. The van der Waals surface area contributed by atoms with E-state index < -0.39 is 26.5 Å². The molecule has 0 unspecified atom stereocenters. The standard InChI is InChI=1S/C20H23FN4O3S/c1-3-9-22-15-7-8-16(29(27,28)25-10-4-2)18(21)17(15)19(26)14-12-24-20-13(14)6-5-11-23-20/h5-8,11-12,22,25H,3-4,9-10H2,1-2H3,(H,23,24). The highest BCUT2D eigenvalue weighted by Crippen LogP contribution is 2.30. The molecule has 0 radical (unpaired) electrons. The summed E-state index contributed by atoms with van der Waals surface area (Å²) in [6, 6.07) is 5.99. The van der Waals surface area contributed by atoms with Crippen LogP contribution in [0, 0.1) is 5.82 Å². The molecule has 2 heterocycles. The third kappa shape index (κ3) is 4.15. The Morgan fingerprint density at radius 1 is 1.17 bits per heavy atom. The number of hydrogen-bond donors (Lipinski definition) is 3. The van der Waals surface area contributed by atoms with Gasteiger partial charge in [-0.1, -0.05) is 13.8 Å². The third-order valence-electron chi connectivity index (χ3n) is 4.43. The lowest BCUT2D eigenvalue weighted by molar-refractivity contribution is 0.103. The van der Waals surface area contributed by atoms with Gasteiger partial charge >= 0.3 is 0 Å². The fraction of sp³-hybridized carbons (Fsp3) is 0.300. The van der Waals surface area contributed by atoms with Crippen molar-refractivity contribution in [3.05, 3.63) is 53.6 Å². The summed E-state index contributed by atoms with van der Waals surface area (Å²) in [5.41, 5.74) is 0.667. The van der Waals surface area contributed by atoms with Gasteiger partial charge in [-0.25, -0.2) is 22.5 Å². The van der Waals surface area contributed by atoms with Crippen LogP contribution in [-0.2, 0) is 10.0 Å². The van der Waals surface area contributed by atoms with E-state index in [1.807, 2.05) is 6.92 Å². The number of pyridine rings is 1. The molecule has 0 bridgehead atoms. The Hall–Kier alpha value is -2.78. The zero-order valence-corrected chi connectivity index (χ0v) is 17.1. The van der Waals surface area contributed by atoms with E-state index in [4.69, 9.17) is 0 Å². The van der Waals surface area contributed by atoms with Crippen molar-refractivity contribution in [2.24, 2.45) is 0 Å². The maximum atomic E-state index is 15.4. The summed E-state index contributed by atoms with van der Waals surface area (Å²) < 4.78 is 42.8. The molecule has 0 spiro atoms. The fourth-order valence-electron chi connectivity index (χ4n) is 2.99. The molecule has 7 nitrogen and oxygen atoms in total. The molecule has 9 heteroatoms. The summed E-state index contributed by atoms with van der Waals surface area (Å²) in [6.45, 7) is 4.42. The summed E-state index contributed by atoms with van der Waals surface area (Å²) in [4.78, 5) is 19.8. The van der Waals surface area contributed by atoms with Gasteiger partial charge in [-0.15, -0.1) is 0 Å². The monoisotopic (exact) mass is 418 g/mol. The van der Waals surface area contributed by atoms with E-state index in [9.17, 15) is 13.2 Å². The van der Waals surface area contributed by atoms with Gasteiger partial charge in [-0.3, -0.25) is 4.79 Å². The van der Waals surface area contributed by atoms with Gasteiger partial charge in [0, 0.05) is 42.1 Å². The molecule has 154 valence electrons. The maximum Gasteiger partial charge on any atom is 0.243 e. The molecular formula is C20H23FN4O3S. The van der Waals surface area contributed by atoms with Crippen molar-refractivity contribution in [2.75, 3.05) is 18.4 Å². The minimum absolute atomic E-state index is 0.176. The zero-order chi connectivity index (χ0) is 21.0. The first-order valence-electron chi connectivity index (χ1n) is 9.43. The smallest absolute Gasteiger partial charge is 0.243 e. The quantitative estimate of drug-likeness (QED) is 0.462.